The first kappa shape index (κ1) is 16.4. The van der Waals surface area contributed by atoms with Crippen molar-refractivity contribution in [2.75, 3.05) is 13.6 Å². The van der Waals surface area contributed by atoms with Gasteiger partial charge in [0.05, 0.1) is 0 Å². The van der Waals surface area contributed by atoms with Crippen molar-refractivity contribution >= 4 is 17.7 Å². The zero-order chi connectivity index (χ0) is 15.6. The van der Waals surface area contributed by atoms with E-state index in [0.717, 1.165) is 19.0 Å². The van der Waals surface area contributed by atoms with Crippen LogP contribution in [0.3, 0.4) is 0 Å². The first-order valence-corrected chi connectivity index (χ1v) is 8.36. The highest BCUT2D eigenvalue weighted by Crippen LogP contribution is 2.21. The minimum atomic E-state index is 0.470. The fraction of sp³-hybridized carbons (Fsp3) is 0.278. The minimum Gasteiger partial charge on any atom is -0.355 e. The number of rotatable bonds is 6. The summed E-state index contributed by atoms with van der Waals surface area (Å²) >= 11 is 1.87. The Hall–Kier alpha value is -1.94. The van der Waals surface area contributed by atoms with Crippen LogP contribution in [0, 0.1) is 0 Å². The lowest BCUT2D eigenvalue weighted by atomic mass is 10.2. The highest BCUT2D eigenvalue weighted by molar-refractivity contribution is 8.00. The molecule has 0 aliphatic carbocycles. The molecule has 0 radical (unpaired) electrons. The molecule has 0 fully saturated rings. The van der Waals surface area contributed by atoms with E-state index in [2.05, 4.69) is 58.9 Å². The van der Waals surface area contributed by atoms with Crippen molar-refractivity contribution in [1.29, 1.82) is 0 Å². The van der Waals surface area contributed by atoms with Crippen LogP contribution in [0.1, 0.15) is 12.5 Å². The van der Waals surface area contributed by atoms with Gasteiger partial charge in [-0.2, -0.15) is 0 Å². The third-order valence-electron chi connectivity index (χ3n) is 3.16. The summed E-state index contributed by atoms with van der Waals surface area (Å²) in [5.41, 5.74) is 1.25. The van der Waals surface area contributed by atoms with Crippen LogP contribution >= 0.6 is 11.8 Å². The largest absolute Gasteiger partial charge is 0.355 e. The smallest absolute Gasteiger partial charge is 0.191 e. The number of nitrogens with one attached hydrogen (secondary N) is 2. The first-order valence-electron chi connectivity index (χ1n) is 7.48. The number of hydrogen-bond acceptors (Lipinski definition) is 2. The Morgan fingerprint density at radius 1 is 1.00 bits per heavy atom. The zero-order valence-electron chi connectivity index (χ0n) is 13.1. The second-order valence-electron chi connectivity index (χ2n) is 5.03. The summed E-state index contributed by atoms with van der Waals surface area (Å²) in [6, 6.07) is 20.8. The summed E-state index contributed by atoms with van der Waals surface area (Å²) in [5.74, 6) is 0.837. The van der Waals surface area contributed by atoms with Crippen molar-refractivity contribution in [3.63, 3.8) is 0 Å². The van der Waals surface area contributed by atoms with Crippen molar-refractivity contribution < 1.29 is 0 Å². The van der Waals surface area contributed by atoms with E-state index in [9.17, 15) is 0 Å². The normalized spacial score (nSPS) is 12.7. The van der Waals surface area contributed by atoms with E-state index in [4.69, 9.17) is 0 Å². The quantitative estimate of drug-likeness (QED) is 0.486. The lowest BCUT2D eigenvalue weighted by Gasteiger charge is -2.16. The van der Waals surface area contributed by atoms with Gasteiger partial charge in [0.15, 0.2) is 5.96 Å². The van der Waals surface area contributed by atoms with E-state index >= 15 is 0 Å². The summed E-state index contributed by atoms with van der Waals surface area (Å²) in [5, 5.41) is 7.18. The number of hydrogen-bond donors (Lipinski definition) is 2. The maximum Gasteiger partial charge on any atom is 0.191 e. The summed E-state index contributed by atoms with van der Waals surface area (Å²) in [7, 11) is 1.80. The monoisotopic (exact) mass is 313 g/mol. The van der Waals surface area contributed by atoms with Crippen molar-refractivity contribution in [2.24, 2.45) is 4.99 Å². The molecule has 0 spiro atoms. The number of aliphatic imine (C=N–C) groups is 1. The van der Waals surface area contributed by atoms with E-state index in [1.54, 1.807) is 7.05 Å². The van der Waals surface area contributed by atoms with Gasteiger partial charge in [-0.1, -0.05) is 55.5 Å². The molecule has 2 aromatic rings. The molecule has 2 rings (SSSR count). The Morgan fingerprint density at radius 2 is 1.64 bits per heavy atom. The molecule has 0 bridgehead atoms. The molecule has 2 N–H and O–H groups in total. The Kier molecular flexibility index (Phi) is 6.84. The van der Waals surface area contributed by atoms with Gasteiger partial charge in [0, 0.05) is 30.3 Å². The third kappa shape index (κ3) is 5.82. The highest BCUT2D eigenvalue weighted by Gasteiger charge is 2.05. The van der Waals surface area contributed by atoms with Crippen LogP contribution in [0.4, 0.5) is 0 Å². The Bertz CT molecular complexity index is 569. The first-order chi connectivity index (χ1) is 10.8. The molecular formula is C18H23N3S. The molecule has 0 aromatic heterocycles. The molecule has 4 heteroatoms. The summed E-state index contributed by atoms with van der Waals surface area (Å²) in [6.07, 6.45) is 0. The molecule has 116 valence electrons. The maximum atomic E-state index is 4.27. The number of guanidine groups is 1. The molecule has 0 heterocycles. The summed E-state index contributed by atoms with van der Waals surface area (Å²) in [6.45, 7) is 3.86. The second kappa shape index (κ2) is 9.15. The second-order valence-corrected chi connectivity index (χ2v) is 6.55. The molecule has 0 saturated heterocycles. The number of benzene rings is 2. The molecular weight excluding hydrogens is 290 g/mol. The lowest BCUT2D eigenvalue weighted by molar-refractivity contribution is 0.790. The van der Waals surface area contributed by atoms with Gasteiger partial charge in [0.25, 0.3) is 0 Å². The average molecular weight is 313 g/mol. The molecule has 2 aromatic carbocycles. The standard InChI is InChI=1S/C18H23N3S/c1-15(22-17-11-7-4-8-12-17)13-20-18(19-2)21-14-16-9-5-3-6-10-16/h3-12,15H,13-14H2,1-2H3,(H2,19,20,21). The van der Waals surface area contributed by atoms with Gasteiger partial charge in [-0.25, -0.2) is 0 Å². The minimum absolute atomic E-state index is 0.470. The molecule has 0 amide bonds. The van der Waals surface area contributed by atoms with E-state index in [-0.39, 0.29) is 0 Å². The van der Waals surface area contributed by atoms with E-state index in [0.29, 0.717) is 5.25 Å². The van der Waals surface area contributed by atoms with Crippen LogP contribution in [0.25, 0.3) is 0 Å². The Labute approximate surface area is 137 Å². The van der Waals surface area contributed by atoms with Gasteiger partial charge in [-0.3, -0.25) is 4.99 Å². The topological polar surface area (TPSA) is 36.4 Å². The van der Waals surface area contributed by atoms with Crippen molar-refractivity contribution in [2.45, 2.75) is 23.6 Å². The van der Waals surface area contributed by atoms with E-state index < -0.39 is 0 Å². The van der Waals surface area contributed by atoms with Crippen molar-refractivity contribution in [3.05, 3.63) is 66.2 Å². The van der Waals surface area contributed by atoms with Gasteiger partial charge in [0.2, 0.25) is 0 Å². The van der Waals surface area contributed by atoms with Crippen LogP contribution < -0.4 is 10.6 Å². The van der Waals surface area contributed by atoms with Crippen LogP contribution in [0.2, 0.25) is 0 Å². The fourth-order valence-corrected chi connectivity index (χ4v) is 2.96. The van der Waals surface area contributed by atoms with Gasteiger partial charge >= 0.3 is 0 Å². The number of nitrogens with zero attached hydrogens (tertiary/aromatic N) is 1. The van der Waals surface area contributed by atoms with Gasteiger partial charge in [0.1, 0.15) is 0 Å². The molecule has 1 unspecified atom stereocenters. The van der Waals surface area contributed by atoms with E-state index in [1.807, 2.05) is 36.0 Å². The van der Waals surface area contributed by atoms with Gasteiger partial charge in [-0.15, -0.1) is 11.8 Å². The molecule has 1 atom stereocenters. The predicted octanol–water partition coefficient (Wildman–Crippen LogP) is 3.53. The Morgan fingerprint density at radius 3 is 2.27 bits per heavy atom. The molecule has 0 aliphatic heterocycles. The molecule has 3 nitrogen and oxygen atoms in total. The molecule has 0 aliphatic rings. The van der Waals surface area contributed by atoms with Crippen LogP contribution in [0.15, 0.2) is 70.6 Å². The molecule has 22 heavy (non-hydrogen) atoms. The summed E-state index contributed by atoms with van der Waals surface area (Å²) < 4.78 is 0. The predicted molar refractivity (Wildman–Crippen MR) is 96.4 cm³/mol. The maximum absolute atomic E-state index is 4.27. The SMILES string of the molecule is CN=C(NCc1ccccc1)NCC(C)Sc1ccccc1. The highest BCUT2D eigenvalue weighted by atomic mass is 32.2. The third-order valence-corrected chi connectivity index (χ3v) is 4.28. The van der Waals surface area contributed by atoms with Crippen LogP contribution in [-0.4, -0.2) is 24.8 Å². The average Bonchev–Trinajstić information content (AvgIpc) is 2.57. The zero-order valence-corrected chi connectivity index (χ0v) is 13.9. The lowest BCUT2D eigenvalue weighted by Crippen LogP contribution is -2.39. The Balaban J connectivity index is 1.74. The fourth-order valence-electron chi connectivity index (χ4n) is 2.02. The molecule has 0 saturated carbocycles. The van der Waals surface area contributed by atoms with Gasteiger partial charge < -0.3 is 10.6 Å². The van der Waals surface area contributed by atoms with Crippen LogP contribution in [-0.2, 0) is 6.54 Å². The van der Waals surface area contributed by atoms with Crippen LogP contribution in [0.5, 0.6) is 0 Å². The van der Waals surface area contributed by atoms with Crippen molar-refractivity contribution in [1.82, 2.24) is 10.6 Å². The van der Waals surface area contributed by atoms with Gasteiger partial charge in [-0.05, 0) is 17.7 Å². The van der Waals surface area contributed by atoms with E-state index in [1.165, 1.54) is 10.5 Å². The number of thioether (sulfide) groups is 1. The van der Waals surface area contributed by atoms with Crippen molar-refractivity contribution in [3.8, 4) is 0 Å². The summed E-state index contributed by atoms with van der Waals surface area (Å²) in [4.78, 5) is 5.56.